The number of nitro benzene ring substituents is 2. The Morgan fingerprint density at radius 1 is 1.06 bits per heavy atom. The molecule has 10 nitrogen and oxygen atoms in total. The molecular formula is C7H6N4O6. The predicted molar refractivity (Wildman–Crippen MR) is 54.9 cm³/mol. The van der Waals surface area contributed by atoms with E-state index >= 15 is 0 Å². The van der Waals surface area contributed by atoms with Crippen molar-refractivity contribution in [3.05, 3.63) is 48.0 Å². The summed E-state index contributed by atoms with van der Waals surface area (Å²) in [6.45, 7) is -0.811. The molecule has 0 aliphatic rings. The van der Waals surface area contributed by atoms with E-state index in [9.17, 15) is 30.3 Å². The van der Waals surface area contributed by atoms with Crippen LogP contribution in [0.15, 0.2) is 12.1 Å². The van der Waals surface area contributed by atoms with Gasteiger partial charge in [-0.3, -0.25) is 30.3 Å². The minimum Gasteiger partial charge on any atom is -0.393 e. The molecule has 0 radical (unpaired) electrons. The van der Waals surface area contributed by atoms with Crippen LogP contribution in [0.1, 0.15) is 5.56 Å². The molecule has 2 N–H and O–H groups in total. The van der Waals surface area contributed by atoms with Crippen LogP contribution in [0.2, 0.25) is 0 Å². The highest BCUT2D eigenvalue weighted by Crippen LogP contribution is 2.31. The molecule has 0 amide bonds. The van der Waals surface area contributed by atoms with Crippen molar-refractivity contribution >= 4 is 17.1 Å². The summed E-state index contributed by atoms with van der Waals surface area (Å²) in [7, 11) is 0. The Hall–Kier alpha value is -2.78. The third-order valence-corrected chi connectivity index (χ3v) is 1.94. The number of anilines is 1. The maximum atomic E-state index is 10.6. The van der Waals surface area contributed by atoms with Crippen molar-refractivity contribution in [2.45, 2.75) is 6.54 Å². The number of nitrogens with two attached hydrogens (primary N) is 1. The lowest BCUT2D eigenvalue weighted by Crippen LogP contribution is -2.06. The average Bonchev–Trinajstić information content (AvgIpc) is 2.19. The standard InChI is InChI=1S/C7H6N4O6/c8-7-4(3-9(12)13)1-5(10(14)15)2-6(7)11(16)17/h1-2H,3,8H2. The van der Waals surface area contributed by atoms with Gasteiger partial charge >= 0.3 is 0 Å². The molecule has 10 heteroatoms. The highest BCUT2D eigenvalue weighted by molar-refractivity contribution is 5.67. The Kier molecular flexibility index (Phi) is 3.17. The smallest absolute Gasteiger partial charge is 0.299 e. The van der Waals surface area contributed by atoms with Crippen LogP contribution >= 0.6 is 0 Å². The second-order valence-corrected chi connectivity index (χ2v) is 3.04. The monoisotopic (exact) mass is 242 g/mol. The van der Waals surface area contributed by atoms with Gasteiger partial charge in [0.15, 0.2) is 0 Å². The fourth-order valence-corrected chi connectivity index (χ4v) is 1.21. The third-order valence-electron chi connectivity index (χ3n) is 1.94. The van der Waals surface area contributed by atoms with Crippen molar-refractivity contribution < 1.29 is 14.8 Å². The fraction of sp³-hybridized carbons (Fsp3) is 0.143. The second-order valence-electron chi connectivity index (χ2n) is 3.04. The number of nitrogen functional groups attached to an aromatic ring is 1. The molecule has 90 valence electrons. The number of nitro groups is 3. The molecule has 0 spiro atoms. The SMILES string of the molecule is Nc1c(C[N+](=O)[O-])cc([N+](=O)[O-])cc1[N+](=O)[O-]. The molecule has 0 saturated carbocycles. The summed E-state index contributed by atoms with van der Waals surface area (Å²) in [6, 6.07) is 1.52. The quantitative estimate of drug-likeness (QED) is 0.466. The predicted octanol–water partition coefficient (Wildman–Crippen LogP) is 0.862. The highest BCUT2D eigenvalue weighted by atomic mass is 16.6. The number of rotatable bonds is 4. The van der Waals surface area contributed by atoms with E-state index in [1.165, 1.54) is 0 Å². The van der Waals surface area contributed by atoms with Gasteiger partial charge in [-0.25, -0.2) is 0 Å². The van der Waals surface area contributed by atoms with E-state index in [1.54, 1.807) is 0 Å². The van der Waals surface area contributed by atoms with Gasteiger partial charge in [-0.1, -0.05) is 0 Å². The summed E-state index contributed by atoms with van der Waals surface area (Å²) >= 11 is 0. The van der Waals surface area contributed by atoms with Crippen LogP contribution < -0.4 is 5.73 Å². The molecule has 0 atom stereocenters. The molecule has 0 aromatic heterocycles. The van der Waals surface area contributed by atoms with Gasteiger partial charge in [0.1, 0.15) is 5.69 Å². The molecule has 0 fully saturated rings. The van der Waals surface area contributed by atoms with Crippen molar-refractivity contribution in [2.75, 3.05) is 5.73 Å². The molecule has 0 heterocycles. The van der Waals surface area contributed by atoms with E-state index in [-0.39, 0.29) is 5.56 Å². The summed E-state index contributed by atoms with van der Waals surface area (Å²) in [5, 5.41) is 31.4. The van der Waals surface area contributed by atoms with E-state index in [0.717, 1.165) is 6.07 Å². The molecule has 0 aliphatic heterocycles. The van der Waals surface area contributed by atoms with Gasteiger partial charge in [0, 0.05) is 11.0 Å². The first kappa shape index (κ1) is 12.3. The van der Waals surface area contributed by atoms with Gasteiger partial charge in [-0.05, 0) is 0 Å². The number of non-ortho nitro benzene ring substituents is 1. The summed E-state index contributed by atoms with van der Waals surface area (Å²) in [5.74, 6) is 0. The van der Waals surface area contributed by atoms with Gasteiger partial charge in [-0.15, -0.1) is 0 Å². The molecule has 17 heavy (non-hydrogen) atoms. The van der Waals surface area contributed by atoms with Gasteiger partial charge in [-0.2, -0.15) is 0 Å². The van der Waals surface area contributed by atoms with Crippen molar-refractivity contribution in [1.29, 1.82) is 0 Å². The lowest BCUT2D eigenvalue weighted by Gasteiger charge is -2.02. The first-order chi connectivity index (χ1) is 7.82. The van der Waals surface area contributed by atoms with Crippen LogP contribution in [0, 0.1) is 30.3 Å². The Bertz CT molecular complexity index is 513. The van der Waals surface area contributed by atoms with Gasteiger partial charge < -0.3 is 5.73 Å². The van der Waals surface area contributed by atoms with E-state index in [4.69, 9.17) is 5.73 Å². The lowest BCUT2D eigenvalue weighted by atomic mass is 10.1. The van der Waals surface area contributed by atoms with Crippen LogP contribution in [-0.2, 0) is 6.54 Å². The van der Waals surface area contributed by atoms with Gasteiger partial charge in [0.2, 0.25) is 6.54 Å². The molecule has 1 rings (SSSR count). The van der Waals surface area contributed by atoms with Crippen molar-refractivity contribution in [1.82, 2.24) is 0 Å². The molecule has 0 saturated heterocycles. The van der Waals surface area contributed by atoms with E-state index < -0.39 is 38.4 Å². The van der Waals surface area contributed by atoms with Crippen LogP contribution in [0.5, 0.6) is 0 Å². The topological polar surface area (TPSA) is 155 Å². The molecule has 0 bridgehead atoms. The minimum atomic E-state index is -0.925. The zero-order valence-electron chi connectivity index (χ0n) is 8.23. The summed E-state index contributed by atoms with van der Waals surface area (Å²) in [5.41, 5.74) is 3.33. The number of nitrogens with zero attached hydrogens (tertiary/aromatic N) is 3. The summed E-state index contributed by atoms with van der Waals surface area (Å²) in [4.78, 5) is 28.8. The minimum absolute atomic E-state index is 0.254. The highest BCUT2D eigenvalue weighted by Gasteiger charge is 2.24. The third kappa shape index (κ3) is 2.62. The molecule has 1 aromatic carbocycles. The van der Waals surface area contributed by atoms with Gasteiger partial charge in [0.05, 0.1) is 21.5 Å². The Balaban J connectivity index is 3.42. The average molecular weight is 242 g/mol. The van der Waals surface area contributed by atoms with Crippen LogP contribution in [-0.4, -0.2) is 14.8 Å². The van der Waals surface area contributed by atoms with Crippen LogP contribution in [0.25, 0.3) is 0 Å². The Labute approximate surface area is 93.1 Å². The molecule has 0 aliphatic carbocycles. The van der Waals surface area contributed by atoms with Crippen molar-refractivity contribution in [3.8, 4) is 0 Å². The zero-order valence-corrected chi connectivity index (χ0v) is 8.23. The molecular weight excluding hydrogens is 236 g/mol. The summed E-state index contributed by atoms with van der Waals surface area (Å²) < 4.78 is 0. The van der Waals surface area contributed by atoms with Crippen LogP contribution in [0.3, 0.4) is 0 Å². The number of hydrogen-bond acceptors (Lipinski definition) is 7. The van der Waals surface area contributed by atoms with Crippen LogP contribution in [0.4, 0.5) is 17.1 Å². The molecule has 0 unspecified atom stereocenters. The normalized spacial score (nSPS) is 9.88. The zero-order chi connectivity index (χ0) is 13.2. The van der Waals surface area contributed by atoms with E-state index in [1.807, 2.05) is 0 Å². The van der Waals surface area contributed by atoms with E-state index in [2.05, 4.69) is 0 Å². The summed E-state index contributed by atoms with van der Waals surface area (Å²) in [6.07, 6.45) is 0. The second kappa shape index (κ2) is 4.38. The maximum absolute atomic E-state index is 10.6. The number of benzene rings is 1. The maximum Gasteiger partial charge on any atom is 0.299 e. The lowest BCUT2D eigenvalue weighted by molar-refractivity contribution is -0.496. The Morgan fingerprint density at radius 2 is 1.65 bits per heavy atom. The van der Waals surface area contributed by atoms with Crippen molar-refractivity contribution in [2.24, 2.45) is 0 Å². The largest absolute Gasteiger partial charge is 0.393 e. The molecule has 1 aromatic rings. The number of hydrogen-bond donors (Lipinski definition) is 1. The first-order valence-electron chi connectivity index (χ1n) is 4.16. The Morgan fingerprint density at radius 3 is 2.06 bits per heavy atom. The first-order valence-corrected chi connectivity index (χ1v) is 4.16. The fourth-order valence-electron chi connectivity index (χ4n) is 1.21. The van der Waals surface area contributed by atoms with E-state index in [0.29, 0.717) is 6.07 Å². The van der Waals surface area contributed by atoms with Gasteiger partial charge in [0.25, 0.3) is 11.4 Å². The van der Waals surface area contributed by atoms with Crippen molar-refractivity contribution in [3.63, 3.8) is 0 Å².